The van der Waals surface area contributed by atoms with Crippen LogP contribution in [-0.4, -0.2) is 42.1 Å². The molecule has 1 unspecified atom stereocenters. The van der Waals surface area contributed by atoms with Gasteiger partial charge in [0.25, 0.3) is 0 Å². The number of nitrogens with one attached hydrogen (secondary N) is 1. The van der Waals surface area contributed by atoms with Crippen molar-refractivity contribution in [3.63, 3.8) is 0 Å². The van der Waals surface area contributed by atoms with Gasteiger partial charge >= 0.3 is 0 Å². The van der Waals surface area contributed by atoms with Crippen LogP contribution < -0.4 is 5.32 Å². The largest absolute Gasteiger partial charge is 0.377 e. The van der Waals surface area contributed by atoms with E-state index in [4.69, 9.17) is 4.74 Å². The minimum absolute atomic E-state index is 0.104. The van der Waals surface area contributed by atoms with Gasteiger partial charge in [0, 0.05) is 19.7 Å². The molecule has 1 aromatic carbocycles. The lowest BCUT2D eigenvalue weighted by molar-refractivity contribution is -0.124. The molecule has 6 heteroatoms. The number of amides is 1. The minimum atomic E-state index is -0.717. The molecule has 0 spiro atoms. The summed E-state index contributed by atoms with van der Waals surface area (Å²) in [6.45, 7) is 2.04. The molecule has 2 aliphatic rings. The Labute approximate surface area is 154 Å². The van der Waals surface area contributed by atoms with Crippen LogP contribution in [0, 0.1) is 17.1 Å². The topological polar surface area (TPSA) is 65.4 Å². The van der Waals surface area contributed by atoms with E-state index in [9.17, 15) is 14.4 Å². The Balaban J connectivity index is 1.64. The highest BCUT2D eigenvalue weighted by Crippen LogP contribution is 2.28. The van der Waals surface area contributed by atoms with Gasteiger partial charge in [0.05, 0.1) is 18.7 Å². The zero-order valence-corrected chi connectivity index (χ0v) is 15.0. The molecule has 1 aliphatic heterocycles. The maximum absolute atomic E-state index is 13.5. The maximum atomic E-state index is 13.5. The van der Waals surface area contributed by atoms with Gasteiger partial charge in [0.15, 0.2) is 0 Å². The quantitative estimate of drug-likeness (QED) is 0.813. The molecule has 0 bridgehead atoms. The number of carbonyl (C=O) groups is 1. The van der Waals surface area contributed by atoms with Gasteiger partial charge in [-0.05, 0) is 56.2 Å². The van der Waals surface area contributed by atoms with Crippen molar-refractivity contribution in [3.05, 3.63) is 35.6 Å². The summed E-state index contributed by atoms with van der Waals surface area (Å²) in [5.74, 6) is -0.429. The van der Waals surface area contributed by atoms with Gasteiger partial charge in [-0.3, -0.25) is 9.69 Å². The summed E-state index contributed by atoms with van der Waals surface area (Å²) < 4.78 is 19.2. The fourth-order valence-electron chi connectivity index (χ4n) is 3.91. The van der Waals surface area contributed by atoms with E-state index in [2.05, 4.69) is 11.4 Å². The molecule has 1 N–H and O–H groups in total. The number of carbonyl (C=O) groups excluding carboxylic acids is 1. The average Bonchev–Trinajstić information content (AvgIpc) is 3.27. The van der Waals surface area contributed by atoms with Crippen molar-refractivity contribution in [1.29, 1.82) is 5.26 Å². The Kier molecular flexibility index (Phi) is 6.23. The SMILES string of the molecule is N#CC1(NC(=O)CN(Cc2cccc(F)c2)CC2CCCO2)CCCC1. The van der Waals surface area contributed by atoms with Crippen LogP contribution in [0.5, 0.6) is 0 Å². The number of halogens is 1. The Bertz CT molecular complexity index is 661. The van der Waals surface area contributed by atoms with E-state index >= 15 is 0 Å². The molecule has 26 heavy (non-hydrogen) atoms. The molecule has 0 radical (unpaired) electrons. The molecular formula is C20H26FN3O2. The Morgan fingerprint density at radius 1 is 1.38 bits per heavy atom. The standard InChI is InChI=1S/C20H26FN3O2/c21-17-6-3-5-16(11-17)12-24(13-18-7-4-10-26-18)14-19(25)23-20(15-22)8-1-2-9-20/h3,5-6,11,18H,1-2,4,7-10,12-14H2,(H,23,25). The zero-order chi connectivity index (χ0) is 18.4. The second kappa shape index (κ2) is 8.61. The molecule has 2 fully saturated rings. The van der Waals surface area contributed by atoms with Gasteiger partial charge in [-0.15, -0.1) is 0 Å². The van der Waals surface area contributed by atoms with Gasteiger partial charge in [0.1, 0.15) is 11.4 Å². The van der Waals surface area contributed by atoms with Gasteiger partial charge in [-0.2, -0.15) is 5.26 Å². The summed E-state index contributed by atoms with van der Waals surface area (Å²) in [5.41, 5.74) is 0.109. The van der Waals surface area contributed by atoms with Crippen LogP contribution in [0.2, 0.25) is 0 Å². The van der Waals surface area contributed by atoms with Crippen LogP contribution in [-0.2, 0) is 16.1 Å². The van der Waals surface area contributed by atoms with Crippen molar-refractivity contribution in [2.75, 3.05) is 19.7 Å². The molecule has 1 saturated carbocycles. The first-order valence-electron chi connectivity index (χ1n) is 9.39. The van der Waals surface area contributed by atoms with Crippen molar-refractivity contribution < 1.29 is 13.9 Å². The molecular weight excluding hydrogens is 333 g/mol. The van der Waals surface area contributed by atoms with Crippen LogP contribution in [0.3, 0.4) is 0 Å². The van der Waals surface area contributed by atoms with E-state index in [-0.39, 0.29) is 24.4 Å². The van der Waals surface area contributed by atoms with Crippen molar-refractivity contribution in [2.45, 2.75) is 56.7 Å². The summed E-state index contributed by atoms with van der Waals surface area (Å²) >= 11 is 0. The second-order valence-corrected chi connectivity index (χ2v) is 7.38. The van der Waals surface area contributed by atoms with Gasteiger partial charge in [0.2, 0.25) is 5.91 Å². The van der Waals surface area contributed by atoms with Crippen molar-refractivity contribution in [1.82, 2.24) is 10.2 Å². The number of hydrogen-bond donors (Lipinski definition) is 1. The first-order chi connectivity index (χ1) is 12.6. The van der Waals surface area contributed by atoms with Crippen LogP contribution >= 0.6 is 0 Å². The molecule has 140 valence electrons. The zero-order valence-electron chi connectivity index (χ0n) is 15.0. The van der Waals surface area contributed by atoms with E-state index in [1.54, 1.807) is 6.07 Å². The highest BCUT2D eigenvalue weighted by Gasteiger charge is 2.35. The fourth-order valence-corrected chi connectivity index (χ4v) is 3.91. The molecule has 1 saturated heterocycles. The van der Waals surface area contributed by atoms with E-state index in [1.807, 2.05) is 11.0 Å². The summed E-state index contributed by atoms with van der Waals surface area (Å²) in [7, 11) is 0. The lowest BCUT2D eigenvalue weighted by Gasteiger charge is -2.27. The van der Waals surface area contributed by atoms with Gasteiger partial charge < -0.3 is 10.1 Å². The molecule has 0 aromatic heterocycles. The van der Waals surface area contributed by atoms with Crippen LogP contribution in [0.1, 0.15) is 44.1 Å². The van der Waals surface area contributed by atoms with Crippen molar-refractivity contribution in [3.8, 4) is 6.07 Å². The van der Waals surface area contributed by atoms with Crippen LogP contribution in [0.4, 0.5) is 4.39 Å². The third kappa shape index (κ3) is 5.03. The molecule has 3 rings (SSSR count). The first kappa shape index (κ1) is 18.8. The molecule has 5 nitrogen and oxygen atoms in total. The van der Waals surface area contributed by atoms with Gasteiger partial charge in [-0.25, -0.2) is 4.39 Å². The van der Waals surface area contributed by atoms with E-state index < -0.39 is 5.54 Å². The smallest absolute Gasteiger partial charge is 0.235 e. The number of rotatable bonds is 7. The molecule has 1 aliphatic carbocycles. The first-order valence-corrected chi connectivity index (χ1v) is 9.39. The predicted molar refractivity (Wildman–Crippen MR) is 95.6 cm³/mol. The third-order valence-corrected chi connectivity index (χ3v) is 5.20. The third-order valence-electron chi connectivity index (χ3n) is 5.20. The van der Waals surface area contributed by atoms with E-state index in [1.165, 1.54) is 12.1 Å². The highest BCUT2D eigenvalue weighted by molar-refractivity contribution is 5.79. The monoisotopic (exact) mass is 359 g/mol. The summed E-state index contributed by atoms with van der Waals surface area (Å²) in [6, 6.07) is 8.73. The molecule has 1 heterocycles. The number of hydrogen-bond acceptors (Lipinski definition) is 4. The van der Waals surface area contributed by atoms with Crippen molar-refractivity contribution >= 4 is 5.91 Å². The van der Waals surface area contributed by atoms with Crippen LogP contribution in [0.15, 0.2) is 24.3 Å². The van der Waals surface area contributed by atoms with E-state index in [0.29, 0.717) is 25.9 Å². The molecule has 1 amide bonds. The minimum Gasteiger partial charge on any atom is -0.377 e. The lowest BCUT2D eigenvalue weighted by atomic mass is 10.00. The Morgan fingerprint density at radius 2 is 2.19 bits per heavy atom. The summed E-state index contributed by atoms with van der Waals surface area (Å²) in [4.78, 5) is 14.6. The number of benzene rings is 1. The molecule has 1 atom stereocenters. The van der Waals surface area contributed by atoms with Gasteiger partial charge in [-0.1, -0.05) is 12.1 Å². The number of ether oxygens (including phenoxy) is 1. The number of nitrogens with zero attached hydrogens (tertiary/aromatic N) is 2. The average molecular weight is 359 g/mol. The summed E-state index contributed by atoms with van der Waals surface area (Å²) in [6.07, 6.45) is 5.47. The Morgan fingerprint density at radius 3 is 2.85 bits per heavy atom. The van der Waals surface area contributed by atoms with E-state index in [0.717, 1.165) is 37.9 Å². The molecule has 1 aromatic rings. The summed E-state index contributed by atoms with van der Waals surface area (Å²) in [5, 5.41) is 12.4. The fraction of sp³-hybridized carbons (Fsp3) is 0.600. The Hall–Kier alpha value is -1.97. The predicted octanol–water partition coefficient (Wildman–Crippen LogP) is 2.76. The maximum Gasteiger partial charge on any atom is 0.235 e. The van der Waals surface area contributed by atoms with Crippen molar-refractivity contribution in [2.24, 2.45) is 0 Å². The number of nitriles is 1. The highest BCUT2D eigenvalue weighted by atomic mass is 19.1. The second-order valence-electron chi connectivity index (χ2n) is 7.38. The lowest BCUT2D eigenvalue weighted by Crippen LogP contribution is -2.49. The van der Waals surface area contributed by atoms with Crippen LogP contribution in [0.25, 0.3) is 0 Å². The normalized spacial score (nSPS) is 21.7.